The molecule has 0 amide bonds. The summed E-state index contributed by atoms with van der Waals surface area (Å²) in [5, 5.41) is 0. The molecule has 6 heteroatoms. The third-order valence-electron chi connectivity index (χ3n) is 4.41. The molecule has 3 aromatic carbocycles. The van der Waals surface area contributed by atoms with Crippen molar-refractivity contribution >= 4 is 38.1 Å². The molecule has 0 radical (unpaired) electrons. The van der Waals surface area contributed by atoms with E-state index in [-0.39, 0.29) is 0 Å². The zero-order valence-electron chi connectivity index (χ0n) is 14.8. The second kappa shape index (κ2) is 8.37. The second-order valence-electron chi connectivity index (χ2n) is 6.23. The SMILES string of the molecule is O=Cc1ccc(OCc2cccc(-c3ccc4c(c3)OCCO4)c2Br)c(Br)c1. The predicted octanol–water partition coefficient (Wildman–Crippen LogP) is 6.04. The van der Waals surface area contributed by atoms with Crippen LogP contribution in [0.1, 0.15) is 15.9 Å². The molecule has 1 aliphatic rings. The van der Waals surface area contributed by atoms with Crippen LogP contribution in [0.5, 0.6) is 17.2 Å². The van der Waals surface area contributed by atoms with Crippen molar-refractivity contribution in [2.45, 2.75) is 6.61 Å². The van der Waals surface area contributed by atoms with E-state index < -0.39 is 0 Å². The van der Waals surface area contributed by atoms with E-state index in [1.807, 2.05) is 36.4 Å². The minimum Gasteiger partial charge on any atom is -0.488 e. The highest BCUT2D eigenvalue weighted by atomic mass is 79.9. The van der Waals surface area contributed by atoms with Crippen molar-refractivity contribution in [3.8, 4) is 28.4 Å². The number of hydrogen-bond donors (Lipinski definition) is 0. The van der Waals surface area contributed by atoms with Crippen LogP contribution in [0.3, 0.4) is 0 Å². The molecular formula is C22H16Br2O4. The van der Waals surface area contributed by atoms with Gasteiger partial charge in [0.15, 0.2) is 11.5 Å². The molecule has 0 fully saturated rings. The zero-order valence-corrected chi connectivity index (χ0v) is 18.0. The second-order valence-corrected chi connectivity index (χ2v) is 7.88. The number of rotatable bonds is 5. The van der Waals surface area contributed by atoms with Gasteiger partial charge in [-0.05, 0) is 73.3 Å². The Balaban J connectivity index is 1.58. The minimum absolute atomic E-state index is 0.387. The molecule has 0 bridgehead atoms. The molecule has 1 aliphatic heterocycles. The molecule has 142 valence electrons. The minimum atomic E-state index is 0.387. The first-order valence-corrected chi connectivity index (χ1v) is 10.3. The van der Waals surface area contributed by atoms with Crippen LogP contribution < -0.4 is 14.2 Å². The number of halogens is 2. The van der Waals surface area contributed by atoms with E-state index >= 15 is 0 Å². The maximum atomic E-state index is 10.9. The largest absolute Gasteiger partial charge is 0.488 e. The molecule has 4 nitrogen and oxygen atoms in total. The van der Waals surface area contributed by atoms with E-state index in [1.54, 1.807) is 18.2 Å². The predicted molar refractivity (Wildman–Crippen MR) is 114 cm³/mol. The molecule has 0 saturated heterocycles. The van der Waals surface area contributed by atoms with Gasteiger partial charge >= 0.3 is 0 Å². The summed E-state index contributed by atoms with van der Waals surface area (Å²) in [6.07, 6.45) is 0.807. The molecule has 3 aromatic rings. The Kier molecular flexibility index (Phi) is 5.69. The van der Waals surface area contributed by atoms with Crippen LogP contribution in [-0.2, 0) is 6.61 Å². The highest BCUT2D eigenvalue weighted by molar-refractivity contribution is 9.11. The van der Waals surface area contributed by atoms with E-state index in [0.717, 1.165) is 43.4 Å². The molecule has 0 saturated carbocycles. The summed E-state index contributed by atoms with van der Waals surface area (Å²) >= 11 is 7.16. The number of benzene rings is 3. The lowest BCUT2D eigenvalue weighted by Crippen LogP contribution is -2.15. The summed E-state index contributed by atoms with van der Waals surface area (Å²) in [4.78, 5) is 10.9. The number of carbonyl (C=O) groups excluding carboxylic acids is 1. The number of hydrogen-bond acceptors (Lipinski definition) is 4. The normalized spacial score (nSPS) is 12.5. The summed E-state index contributed by atoms with van der Waals surface area (Å²) < 4.78 is 19.0. The first-order chi connectivity index (χ1) is 13.7. The van der Waals surface area contributed by atoms with Gasteiger partial charge in [-0.2, -0.15) is 0 Å². The van der Waals surface area contributed by atoms with Crippen LogP contribution in [0.4, 0.5) is 0 Å². The van der Waals surface area contributed by atoms with E-state index in [1.165, 1.54) is 0 Å². The number of aldehydes is 1. The summed E-state index contributed by atoms with van der Waals surface area (Å²) in [6.45, 7) is 1.52. The van der Waals surface area contributed by atoms with Crippen molar-refractivity contribution < 1.29 is 19.0 Å². The Bertz CT molecular complexity index is 1030. The van der Waals surface area contributed by atoms with Gasteiger partial charge in [-0.25, -0.2) is 0 Å². The van der Waals surface area contributed by atoms with Crippen LogP contribution in [0.2, 0.25) is 0 Å². The van der Waals surface area contributed by atoms with Crippen LogP contribution in [0.25, 0.3) is 11.1 Å². The fourth-order valence-electron chi connectivity index (χ4n) is 2.99. The maximum Gasteiger partial charge on any atom is 0.161 e. The van der Waals surface area contributed by atoms with Crippen molar-refractivity contribution in [1.82, 2.24) is 0 Å². The summed E-state index contributed by atoms with van der Waals surface area (Å²) in [5.41, 5.74) is 3.70. The molecule has 0 aromatic heterocycles. The molecule has 0 atom stereocenters. The lowest BCUT2D eigenvalue weighted by atomic mass is 10.0. The van der Waals surface area contributed by atoms with Gasteiger partial charge in [0, 0.05) is 15.6 Å². The van der Waals surface area contributed by atoms with Gasteiger partial charge in [0.2, 0.25) is 0 Å². The Morgan fingerprint density at radius 1 is 0.964 bits per heavy atom. The topological polar surface area (TPSA) is 44.8 Å². The molecule has 1 heterocycles. The van der Waals surface area contributed by atoms with Gasteiger partial charge in [0.1, 0.15) is 31.9 Å². The van der Waals surface area contributed by atoms with E-state index in [2.05, 4.69) is 31.9 Å². The molecule has 0 unspecified atom stereocenters. The standard InChI is InChI=1S/C22H16Br2O4/c23-18-10-14(12-25)4-6-19(18)28-13-16-2-1-3-17(22(16)24)15-5-7-20-21(11-15)27-9-8-26-20/h1-7,10-12H,8-9,13H2. The fraction of sp³-hybridized carbons (Fsp3) is 0.136. The van der Waals surface area contributed by atoms with Gasteiger partial charge in [-0.15, -0.1) is 0 Å². The highest BCUT2D eigenvalue weighted by Crippen LogP contribution is 2.38. The Morgan fingerprint density at radius 2 is 1.79 bits per heavy atom. The van der Waals surface area contributed by atoms with Crippen molar-refractivity contribution in [2.24, 2.45) is 0 Å². The van der Waals surface area contributed by atoms with Gasteiger partial charge in [0.05, 0.1) is 4.47 Å². The van der Waals surface area contributed by atoms with E-state index in [9.17, 15) is 4.79 Å². The summed E-state index contributed by atoms with van der Waals surface area (Å²) in [7, 11) is 0. The van der Waals surface area contributed by atoms with E-state index in [0.29, 0.717) is 31.1 Å². The first kappa shape index (κ1) is 19.0. The summed E-state index contributed by atoms with van der Waals surface area (Å²) in [6, 6.07) is 17.3. The molecular weight excluding hydrogens is 488 g/mol. The quantitative estimate of drug-likeness (QED) is 0.398. The lowest BCUT2D eigenvalue weighted by molar-refractivity contribution is 0.112. The Hall–Kier alpha value is -2.31. The highest BCUT2D eigenvalue weighted by Gasteiger charge is 2.15. The van der Waals surface area contributed by atoms with Crippen molar-refractivity contribution in [3.05, 3.63) is 74.7 Å². The number of carbonyl (C=O) groups is 1. The van der Waals surface area contributed by atoms with Crippen LogP contribution in [0.15, 0.2) is 63.5 Å². The Labute approximate surface area is 179 Å². The number of ether oxygens (including phenoxy) is 3. The van der Waals surface area contributed by atoms with Crippen LogP contribution in [-0.4, -0.2) is 19.5 Å². The zero-order chi connectivity index (χ0) is 19.5. The maximum absolute atomic E-state index is 10.9. The average molecular weight is 504 g/mol. The van der Waals surface area contributed by atoms with Gasteiger partial charge in [-0.3, -0.25) is 4.79 Å². The Morgan fingerprint density at radius 3 is 2.57 bits per heavy atom. The summed E-state index contributed by atoms with van der Waals surface area (Å²) in [5.74, 6) is 2.22. The van der Waals surface area contributed by atoms with Crippen molar-refractivity contribution in [3.63, 3.8) is 0 Å². The molecule has 28 heavy (non-hydrogen) atoms. The third-order valence-corrected chi connectivity index (χ3v) is 5.96. The van der Waals surface area contributed by atoms with Gasteiger partial charge in [-0.1, -0.05) is 24.3 Å². The van der Waals surface area contributed by atoms with Crippen LogP contribution >= 0.6 is 31.9 Å². The van der Waals surface area contributed by atoms with E-state index in [4.69, 9.17) is 14.2 Å². The van der Waals surface area contributed by atoms with Gasteiger partial charge in [0.25, 0.3) is 0 Å². The molecule has 0 N–H and O–H groups in total. The third kappa shape index (κ3) is 3.93. The molecule has 4 rings (SSSR count). The van der Waals surface area contributed by atoms with Crippen molar-refractivity contribution in [2.75, 3.05) is 13.2 Å². The van der Waals surface area contributed by atoms with Gasteiger partial charge < -0.3 is 14.2 Å². The first-order valence-electron chi connectivity index (χ1n) is 8.70. The number of fused-ring (bicyclic) bond motifs is 1. The molecule has 0 spiro atoms. The monoisotopic (exact) mass is 502 g/mol. The average Bonchev–Trinajstić information content (AvgIpc) is 2.73. The fourth-order valence-corrected chi connectivity index (χ4v) is 4.11. The molecule has 0 aliphatic carbocycles. The van der Waals surface area contributed by atoms with Crippen molar-refractivity contribution in [1.29, 1.82) is 0 Å². The smallest absolute Gasteiger partial charge is 0.161 e. The lowest BCUT2D eigenvalue weighted by Gasteiger charge is -2.19. The van der Waals surface area contributed by atoms with Crippen LogP contribution in [0, 0.1) is 0 Å².